The summed E-state index contributed by atoms with van der Waals surface area (Å²) < 4.78 is 5.58. The minimum atomic E-state index is 0.323. The Morgan fingerprint density at radius 2 is 2.50 bits per heavy atom. The molecule has 3 heteroatoms. The molecule has 14 heavy (non-hydrogen) atoms. The lowest BCUT2D eigenvalue weighted by molar-refractivity contribution is 0.285. The molecule has 74 valence electrons. The zero-order chi connectivity index (χ0) is 9.97. The molecule has 0 spiro atoms. The molecular weight excluding hydrogens is 176 g/mol. The Labute approximate surface area is 83.6 Å². The predicted octanol–water partition coefficient (Wildman–Crippen LogP) is 2.02. The van der Waals surface area contributed by atoms with Gasteiger partial charge in [-0.1, -0.05) is 6.08 Å². The maximum absolute atomic E-state index is 5.65. The minimum Gasteiger partial charge on any atom is -0.489 e. The third-order valence-electron chi connectivity index (χ3n) is 2.26. The van der Waals surface area contributed by atoms with E-state index in [9.17, 15) is 0 Å². The van der Waals surface area contributed by atoms with Crippen LogP contribution in [-0.2, 0) is 0 Å². The molecule has 0 saturated heterocycles. The van der Waals surface area contributed by atoms with Crippen molar-refractivity contribution < 1.29 is 4.74 Å². The Balaban J connectivity index is 2.18. The maximum atomic E-state index is 5.65. The summed E-state index contributed by atoms with van der Waals surface area (Å²) in [6.45, 7) is 4.38. The number of rotatable bonds is 2. The number of hydrogen-bond acceptors (Lipinski definition) is 3. The summed E-state index contributed by atoms with van der Waals surface area (Å²) in [4.78, 5) is 0. The summed E-state index contributed by atoms with van der Waals surface area (Å²) in [6, 6.07) is 5.97. The van der Waals surface area contributed by atoms with Gasteiger partial charge in [-0.3, -0.25) is 0 Å². The second-order valence-electron chi connectivity index (χ2n) is 3.43. The van der Waals surface area contributed by atoms with Crippen LogP contribution in [0.15, 0.2) is 30.9 Å². The Morgan fingerprint density at radius 1 is 1.64 bits per heavy atom. The molecule has 1 aliphatic heterocycles. The standard InChI is InChI=1S/C11H14N2O/c1-2-3-9-7-14-11-6-8(12)4-5-10(11)13-9/h2,4-6,9,13H,1,3,7,12H2. The van der Waals surface area contributed by atoms with Crippen molar-refractivity contribution in [1.29, 1.82) is 0 Å². The number of hydrogen-bond donors (Lipinski definition) is 2. The van der Waals surface area contributed by atoms with Gasteiger partial charge < -0.3 is 15.8 Å². The van der Waals surface area contributed by atoms with Crippen LogP contribution in [0.2, 0.25) is 0 Å². The van der Waals surface area contributed by atoms with Gasteiger partial charge >= 0.3 is 0 Å². The summed E-state index contributed by atoms with van der Waals surface area (Å²) in [5, 5.41) is 3.37. The van der Waals surface area contributed by atoms with E-state index >= 15 is 0 Å². The van der Waals surface area contributed by atoms with Crippen molar-refractivity contribution in [2.45, 2.75) is 12.5 Å². The first-order chi connectivity index (χ1) is 6.79. The van der Waals surface area contributed by atoms with Crippen molar-refractivity contribution >= 4 is 11.4 Å². The normalized spacial score (nSPS) is 19.0. The fraction of sp³-hybridized carbons (Fsp3) is 0.273. The lowest BCUT2D eigenvalue weighted by atomic mass is 10.1. The largest absolute Gasteiger partial charge is 0.489 e. The smallest absolute Gasteiger partial charge is 0.144 e. The van der Waals surface area contributed by atoms with Gasteiger partial charge in [-0.15, -0.1) is 6.58 Å². The summed E-state index contributed by atoms with van der Waals surface area (Å²) in [6.07, 6.45) is 2.80. The molecule has 0 bridgehead atoms. The molecule has 3 nitrogen and oxygen atoms in total. The third-order valence-corrected chi connectivity index (χ3v) is 2.26. The molecule has 1 unspecified atom stereocenters. The highest BCUT2D eigenvalue weighted by Crippen LogP contribution is 2.31. The summed E-state index contributed by atoms with van der Waals surface area (Å²) in [7, 11) is 0. The molecule has 1 atom stereocenters. The first kappa shape index (κ1) is 8.94. The van der Waals surface area contributed by atoms with Crippen LogP contribution in [0.1, 0.15) is 6.42 Å². The van der Waals surface area contributed by atoms with Crippen molar-refractivity contribution in [3.8, 4) is 5.75 Å². The zero-order valence-electron chi connectivity index (χ0n) is 7.99. The van der Waals surface area contributed by atoms with E-state index in [1.807, 2.05) is 24.3 Å². The fourth-order valence-corrected chi connectivity index (χ4v) is 1.56. The second-order valence-corrected chi connectivity index (χ2v) is 3.43. The van der Waals surface area contributed by atoms with Crippen LogP contribution in [0.5, 0.6) is 5.75 Å². The lowest BCUT2D eigenvalue weighted by Crippen LogP contribution is -2.30. The van der Waals surface area contributed by atoms with Gasteiger partial charge in [0.1, 0.15) is 12.4 Å². The van der Waals surface area contributed by atoms with Crippen molar-refractivity contribution in [2.75, 3.05) is 17.7 Å². The van der Waals surface area contributed by atoms with Gasteiger partial charge in [0.25, 0.3) is 0 Å². The fourth-order valence-electron chi connectivity index (χ4n) is 1.56. The quantitative estimate of drug-likeness (QED) is 0.554. The van der Waals surface area contributed by atoms with Gasteiger partial charge in [0, 0.05) is 11.8 Å². The van der Waals surface area contributed by atoms with Gasteiger partial charge in [-0.2, -0.15) is 0 Å². The van der Waals surface area contributed by atoms with Crippen LogP contribution >= 0.6 is 0 Å². The molecular formula is C11H14N2O. The predicted molar refractivity (Wildman–Crippen MR) is 58.6 cm³/mol. The second kappa shape index (κ2) is 3.62. The monoisotopic (exact) mass is 190 g/mol. The highest BCUT2D eigenvalue weighted by atomic mass is 16.5. The number of fused-ring (bicyclic) bond motifs is 1. The van der Waals surface area contributed by atoms with E-state index in [2.05, 4.69) is 11.9 Å². The van der Waals surface area contributed by atoms with Crippen LogP contribution in [0.25, 0.3) is 0 Å². The van der Waals surface area contributed by atoms with E-state index in [0.717, 1.165) is 23.5 Å². The Kier molecular flexibility index (Phi) is 2.31. The van der Waals surface area contributed by atoms with E-state index in [0.29, 0.717) is 12.6 Å². The Bertz CT molecular complexity index is 349. The van der Waals surface area contributed by atoms with Gasteiger partial charge in [0.15, 0.2) is 0 Å². The van der Waals surface area contributed by atoms with E-state index in [1.165, 1.54) is 0 Å². The summed E-state index contributed by atoms with van der Waals surface area (Å²) in [5.41, 5.74) is 7.39. The Morgan fingerprint density at radius 3 is 3.29 bits per heavy atom. The molecule has 0 amide bonds. The minimum absolute atomic E-state index is 0.323. The number of ether oxygens (including phenoxy) is 1. The number of nitrogen functional groups attached to an aromatic ring is 1. The maximum Gasteiger partial charge on any atom is 0.144 e. The average Bonchev–Trinajstić information content (AvgIpc) is 2.19. The van der Waals surface area contributed by atoms with E-state index < -0.39 is 0 Å². The van der Waals surface area contributed by atoms with Crippen molar-refractivity contribution in [2.24, 2.45) is 0 Å². The van der Waals surface area contributed by atoms with Crippen molar-refractivity contribution in [3.63, 3.8) is 0 Å². The third kappa shape index (κ3) is 1.66. The van der Waals surface area contributed by atoms with Crippen LogP contribution in [0.3, 0.4) is 0 Å². The lowest BCUT2D eigenvalue weighted by Gasteiger charge is -2.26. The van der Waals surface area contributed by atoms with Crippen LogP contribution in [-0.4, -0.2) is 12.6 Å². The average molecular weight is 190 g/mol. The van der Waals surface area contributed by atoms with Crippen LogP contribution in [0, 0.1) is 0 Å². The van der Waals surface area contributed by atoms with Gasteiger partial charge in [0.05, 0.1) is 11.7 Å². The van der Waals surface area contributed by atoms with E-state index in [-0.39, 0.29) is 0 Å². The molecule has 0 saturated carbocycles. The van der Waals surface area contributed by atoms with Gasteiger partial charge in [0.2, 0.25) is 0 Å². The topological polar surface area (TPSA) is 47.3 Å². The molecule has 2 rings (SSSR count). The molecule has 0 aromatic heterocycles. The SMILES string of the molecule is C=CCC1COc2cc(N)ccc2N1. The number of nitrogens with two attached hydrogens (primary N) is 1. The molecule has 0 aliphatic carbocycles. The molecule has 1 aromatic carbocycles. The van der Waals surface area contributed by atoms with E-state index in [1.54, 1.807) is 0 Å². The van der Waals surface area contributed by atoms with Crippen molar-refractivity contribution in [3.05, 3.63) is 30.9 Å². The van der Waals surface area contributed by atoms with E-state index in [4.69, 9.17) is 10.5 Å². The highest BCUT2D eigenvalue weighted by Gasteiger charge is 2.17. The Hall–Kier alpha value is -1.64. The number of nitrogens with one attached hydrogen (secondary N) is 1. The molecule has 3 N–H and O–H groups in total. The molecule has 1 aliphatic rings. The zero-order valence-corrected chi connectivity index (χ0v) is 7.99. The molecule has 0 radical (unpaired) electrons. The van der Waals surface area contributed by atoms with Crippen LogP contribution in [0.4, 0.5) is 11.4 Å². The number of anilines is 2. The van der Waals surface area contributed by atoms with Gasteiger partial charge in [-0.05, 0) is 18.6 Å². The highest BCUT2D eigenvalue weighted by molar-refractivity contribution is 5.63. The summed E-state index contributed by atoms with van der Waals surface area (Å²) in [5.74, 6) is 0.838. The number of benzene rings is 1. The first-order valence-electron chi connectivity index (χ1n) is 4.69. The summed E-state index contributed by atoms with van der Waals surface area (Å²) >= 11 is 0. The van der Waals surface area contributed by atoms with Crippen LogP contribution < -0.4 is 15.8 Å². The first-order valence-corrected chi connectivity index (χ1v) is 4.69. The molecule has 0 fully saturated rings. The molecule has 1 aromatic rings. The molecule has 1 heterocycles. The van der Waals surface area contributed by atoms with Crippen molar-refractivity contribution in [1.82, 2.24) is 0 Å². The van der Waals surface area contributed by atoms with Gasteiger partial charge in [-0.25, -0.2) is 0 Å².